The summed E-state index contributed by atoms with van der Waals surface area (Å²) in [7, 11) is 0. The Balaban J connectivity index is 1.32. The van der Waals surface area contributed by atoms with Gasteiger partial charge in [0, 0.05) is 30.5 Å². The average Bonchev–Trinajstić information content (AvgIpc) is 2.73. The number of rotatable bonds is 8. The molecule has 0 saturated carbocycles. The predicted octanol–water partition coefficient (Wildman–Crippen LogP) is 6.56. The molecule has 0 aliphatic carbocycles. The number of piperidine rings is 1. The Bertz CT molecular complexity index is 872. The van der Waals surface area contributed by atoms with Crippen molar-refractivity contribution in [1.29, 1.82) is 0 Å². The van der Waals surface area contributed by atoms with Gasteiger partial charge in [-0.2, -0.15) is 11.8 Å². The fourth-order valence-electron chi connectivity index (χ4n) is 3.46. The Labute approximate surface area is 202 Å². The summed E-state index contributed by atoms with van der Waals surface area (Å²) in [5, 5.41) is 5.39. The molecule has 8 heteroatoms. The SMILES string of the molecule is O=C(NCCSCc1ccc(Cl)c(Cl)c1)C1CCN(Cc2ccc(Cl)c(Cl)c2)CC1. The Hall–Kier alpha value is -0.620. The minimum Gasteiger partial charge on any atom is -0.355 e. The molecule has 0 unspecified atom stereocenters. The van der Waals surface area contributed by atoms with E-state index in [9.17, 15) is 4.79 Å². The first-order valence-corrected chi connectivity index (χ1v) is 12.5. The van der Waals surface area contributed by atoms with E-state index in [1.165, 1.54) is 0 Å². The normalized spacial score (nSPS) is 15.3. The second-order valence-corrected chi connectivity index (χ2v) is 10.1. The fourth-order valence-corrected chi connectivity index (χ4v) is 4.91. The van der Waals surface area contributed by atoms with Crippen molar-refractivity contribution in [3.05, 3.63) is 67.6 Å². The van der Waals surface area contributed by atoms with Gasteiger partial charge in [-0.1, -0.05) is 58.5 Å². The second kappa shape index (κ2) is 11.8. The highest BCUT2D eigenvalue weighted by molar-refractivity contribution is 7.98. The van der Waals surface area contributed by atoms with Crippen LogP contribution in [0.3, 0.4) is 0 Å². The number of benzene rings is 2. The number of thioether (sulfide) groups is 1. The zero-order chi connectivity index (χ0) is 21.5. The molecule has 1 saturated heterocycles. The van der Waals surface area contributed by atoms with Gasteiger partial charge in [-0.05, 0) is 61.3 Å². The fraction of sp³-hybridized carbons (Fsp3) is 0.409. The van der Waals surface area contributed by atoms with E-state index in [2.05, 4.69) is 10.2 Å². The van der Waals surface area contributed by atoms with E-state index in [4.69, 9.17) is 46.4 Å². The summed E-state index contributed by atoms with van der Waals surface area (Å²) < 4.78 is 0. The maximum absolute atomic E-state index is 12.5. The van der Waals surface area contributed by atoms with Crippen molar-refractivity contribution in [2.45, 2.75) is 25.1 Å². The smallest absolute Gasteiger partial charge is 0.223 e. The number of hydrogen-bond donors (Lipinski definition) is 1. The van der Waals surface area contributed by atoms with Gasteiger partial charge in [0.25, 0.3) is 0 Å². The van der Waals surface area contributed by atoms with E-state index in [-0.39, 0.29) is 11.8 Å². The number of nitrogens with one attached hydrogen (secondary N) is 1. The van der Waals surface area contributed by atoms with Crippen molar-refractivity contribution in [3.8, 4) is 0 Å². The lowest BCUT2D eigenvalue weighted by molar-refractivity contribution is -0.126. The standard InChI is InChI=1S/C22H24Cl4N2OS/c23-18-3-1-15(11-20(18)25)13-28-8-5-17(6-9-28)22(29)27-7-10-30-14-16-2-4-19(24)21(26)12-16/h1-4,11-12,17H,5-10,13-14H2,(H,27,29). The number of likely N-dealkylation sites (tertiary alicyclic amines) is 1. The third-order valence-electron chi connectivity index (χ3n) is 5.15. The molecule has 0 aromatic heterocycles. The van der Waals surface area contributed by atoms with E-state index in [1.807, 2.05) is 36.4 Å². The third-order valence-corrected chi connectivity index (χ3v) is 7.66. The summed E-state index contributed by atoms with van der Waals surface area (Å²) in [6.07, 6.45) is 1.76. The van der Waals surface area contributed by atoms with Crippen molar-refractivity contribution in [1.82, 2.24) is 10.2 Å². The lowest BCUT2D eigenvalue weighted by Crippen LogP contribution is -2.40. The van der Waals surface area contributed by atoms with E-state index in [0.717, 1.165) is 55.1 Å². The van der Waals surface area contributed by atoms with Crippen molar-refractivity contribution >= 4 is 64.1 Å². The van der Waals surface area contributed by atoms with Crippen molar-refractivity contribution < 1.29 is 4.79 Å². The number of carbonyl (C=O) groups excluding carboxylic acids is 1. The summed E-state index contributed by atoms with van der Waals surface area (Å²) in [4.78, 5) is 14.8. The molecule has 0 radical (unpaired) electrons. The van der Waals surface area contributed by atoms with Crippen LogP contribution in [0.1, 0.15) is 24.0 Å². The molecule has 3 rings (SSSR count). The second-order valence-electron chi connectivity index (χ2n) is 7.39. The van der Waals surface area contributed by atoms with Crippen LogP contribution in [-0.2, 0) is 17.1 Å². The molecule has 2 aromatic rings. The maximum Gasteiger partial charge on any atom is 0.223 e. The van der Waals surface area contributed by atoms with Crippen LogP contribution in [0.4, 0.5) is 0 Å². The number of halogens is 4. The predicted molar refractivity (Wildman–Crippen MR) is 130 cm³/mol. The number of hydrogen-bond acceptors (Lipinski definition) is 3. The molecule has 0 spiro atoms. The number of amides is 1. The maximum atomic E-state index is 12.5. The summed E-state index contributed by atoms with van der Waals surface area (Å²) >= 11 is 25.8. The lowest BCUT2D eigenvalue weighted by Gasteiger charge is -2.31. The van der Waals surface area contributed by atoms with Crippen molar-refractivity contribution in [2.75, 3.05) is 25.4 Å². The molecule has 1 amide bonds. The Kier molecular flexibility index (Phi) is 9.49. The molecule has 1 aliphatic heterocycles. The van der Waals surface area contributed by atoms with Gasteiger partial charge < -0.3 is 5.32 Å². The minimum atomic E-state index is 0.0927. The minimum absolute atomic E-state index is 0.0927. The van der Waals surface area contributed by atoms with Gasteiger partial charge in [-0.15, -0.1) is 0 Å². The van der Waals surface area contributed by atoms with Crippen LogP contribution in [0.15, 0.2) is 36.4 Å². The van der Waals surface area contributed by atoms with Gasteiger partial charge in [-0.25, -0.2) is 0 Å². The van der Waals surface area contributed by atoms with Gasteiger partial charge in [-0.3, -0.25) is 9.69 Å². The third kappa shape index (κ3) is 7.22. The Morgan fingerprint density at radius 1 is 0.933 bits per heavy atom. The van der Waals surface area contributed by atoms with Crippen LogP contribution < -0.4 is 5.32 Å². The number of carbonyl (C=O) groups is 1. The molecule has 1 aliphatic rings. The molecular weight excluding hydrogens is 482 g/mol. The highest BCUT2D eigenvalue weighted by atomic mass is 35.5. The largest absolute Gasteiger partial charge is 0.355 e. The first-order chi connectivity index (χ1) is 14.4. The van der Waals surface area contributed by atoms with Crippen molar-refractivity contribution in [3.63, 3.8) is 0 Å². The van der Waals surface area contributed by atoms with Gasteiger partial charge >= 0.3 is 0 Å². The molecule has 1 N–H and O–H groups in total. The van der Waals surface area contributed by atoms with E-state index in [1.54, 1.807) is 11.8 Å². The molecule has 1 fully saturated rings. The van der Waals surface area contributed by atoms with Crippen molar-refractivity contribution in [2.24, 2.45) is 5.92 Å². The summed E-state index contributed by atoms with van der Waals surface area (Å²) in [5.74, 6) is 1.97. The van der Waals surface area contributed by atoms with E-state index < -0.39 is 0 Å². The first-order valence-electron chi connectivity index (χ1n) is 9.88. The van der Waals surface area contributed by atoms with Crippen LogP contribution in [0.5, 0.6) is 0 Å². The highest BCUT2D eigenvalue weighted by Crippen LogP contribution is 2.26. The van der Waals surface area contributed by atoms with Crippen LogP contribution in [0, 0.1) is 5.92 Å². The topological polar surface area (TPSA) is 32.3 Å². The Morgan fingerprint density at radius 3 is 2.17 bits per heavy atom. The van der Waals surface area contributed by atoms with Crippen LogP contribution in [-0.4, -0.2) is 36.2 Å². The summed E-state index contributed by atoms with van der Waals surface area (Å²) in [6, 6.07) is 11.4. The van der Waals surface area contributed by atoms with Crippen LogP contribution >= 0.6 is 58.2 Å². The molecule has 2 aromatic carbocycles. The average molecular weight is 506 g/mol. The molecule has 1 heterocycles. The van der Waals surface area contributed by atoms with Gasteiger partial charge in [0.1, 0.15) is 0 Å². The van der Waals surface area contributed by atoms with Crippen LogP contribution in [0.25, 0.3) is 0 Å². The van der Waals surface area contributed by atoms with Crippen LogP contribution in [0.2, 0.25) is 20.1 Å². The zero-order valence-corrected chi connectivity index (χ0v) is 20.3. The van der Waals surface area contributed by atoms with E-state index >= 15 is 0 Å². The number of nitrogens with zero attached hydrogens (tertiary/aromatic N) is 1. The molecule has 30 heavy (non-hydrogen) atoms. The Morgan fingerprint density at radius 2 is 1.53 bits per heavy atom. The van der Waals surface area contributed by atoms with E-state index in [0.29, 0.717) is 26.6 Å². The summed E-state index contributed by atoms with van der Waals surface area (Å²) in [5.41, 5.74) is 2.28. The zero-order valence-electron chi connectivity index (χ0n) is 16.5. The lowest BCUT2D eigenvalue weighted by atomic mass is 9.95. The molecule has 162 valence electrons. The molecule has 0 atom stereocenters. The quantitative estimate of drug-likeness (QED) is 0.412. The highest BCUT2D eigenvalue weighted by Gasteiger charge is 2.24. The molecular formula is C22H24Cl4N2OS. The monoisotopic (exact) mass is 504 g/mol. The van der Waals surface area contributed by atoms with Gasteiger partial charge in [0.15, 0.2) is 0 Å². The molecule has 0 bridgehead atoms. The molecule has 3 nitrogen and oxygen atoms in total. The van der Waals surface area contributed by atoms with Gasteiger partial charge in [0.2, 0.25) is 5.91 Å². The van der Waals surface area contributed by atoms with Gasteiger partial charge in [0.05, 0.1) is 20.1 Å². The summed E-state index contributed by atoms with van der Waals surface area (Å²) in [6.45, 7) is 3.32. The first kappa shape index (κ1) is 24.0.